The Morgan fingerprint density at radius 3 is 2.79 bits per heavy atom. The van der Waals surface area contributed by atoms with Crippen LogP contribution in [0.25, 0.3) is 21.9 Å². The third kappa shape index (κ3) is 3.68. The standard InChI is InChI=1S/C23H19ClN4O5/c24-14-8-15-21(28-23(25-15)33-17-10-32-18-16(29)9-31-19(17)18)26-20(14)27-22(30)13-6-5-11-3-1-2-4-12(11)7-13/h1-8,16-19,29H,9-10H2,(H2,25,26,27,28,30)/t16-,17-,18?,19?/m1/s1. The summed E-state index contributed by atoms with van der Waals surface area (Å²) in [5, 5.41) is 14.9. The number of aromatic amines is 1. The summed E-state index contributed by atoms with van der Waals surface area (Å²) in [5.74, 6) is -0.125. The lowest BCUT2D eigenvalue weighted by Gasteiger charge is -2.15. The van der Waals surface area contributed by atoms with Crippen molar-refractivity contribution in [2.24, 2.45) is 0 Å². The molecule has 168 valence electrons. The van der Waals surface area contributed by atoms with Crippen molar-refractivity contribution in [2.45, 2.75) is 24.4 Å². The van der Waals surface area contributed by atoms with Crippen molar-refractivity contribution in [2.75, 3.05) is 18.5 Å². The second-order valence-electron chi connectivity index (χ2n) is 8.07. The molecule has 2 saturated heterocycles. The molecule has 0 radical (unpaired) electrons. The van der Waals surface area contributed by atoms with Crippen LogP contribution in [-0.2, 0) is 9.47 Å². The molecule has 2 aliphatic heterocycles. The predicted molar refractivity (Wildman–Crippen MR) is 121 cm³/mol. The molecule has 4 aromatic rings. The molecule has 2 aliphatic rings. The fourth-order valence-corrected chi connectivity index (χ4v) is 4.44. The molecule has 2 unspecified atom stereocenters. The van der Waals surface area contributed by atoms with Crippen molar-refractivity contribution >= 4 is 45.3 Å². The molecule has 2 aromatic heterocycles. The number of hydrogen-bond acceptors (Lipinski definition) is 7. The molecule has 4 atom stereocenters. The molecule has 3 N–H and O–H groups in total. The number of ether oxygens (including phenoxy) is 3. The highest BCUT2D eigenvalue weighted by molar-refractivity contribution is 6.34. The van der Waals surface area contributed by atoms with Gasteiger partial charge in [-0.05, 0) is 29.0 Å². The Balaban J connectivity index is 1.22. The van der Waals surface area contributed by atoms with E-state index in [4.69, 9.17) is 25.8 Å². The number of hydrogen-bond donors (Lipinski definition) is 3. The van der Waals surface area contributed by atoms with E-state index in [2.05, 4.69) is 20.3 Å². The number of anilines is 1. The quantitative estimate of drug-likeness (QED) is 0.423. The van der Waals surface area contributed by atoms with Gasteiger partial charge in [0.2, 0.25) is 0 Å². The fraction of sp³-hybridized carbons (Fsp3) is 0.261. The third-order valence-corrected chi connectivity index (χ3v) is 6.18. The van der Waals surface area contributed by atoms with Crippen molar-refractivity contribution in [1.29, 1.82) is 0 Å². The second kappa shape index (κ2) is 7.96. The number of pyridine rings is 1. The minimum absolute atomic E-state index is 0.201. The SMILES string of the molecule is O=C(Nc1nc2nc(O[C@@H]3COC4C3OC[C@H]4O)[nH]c2cc1Cl)c1ccc2ccccc2c1. The van der Waals surface area contributed by atoms with Gasteiger partial charge in [0.05, 0.1) is 23.8 Å². The summed E-state index contributed by atoms with van der Waals surface area (Å²) in [4.78, 5) is 24.6. The number of H-pyrrole nitrogens is 1. The molecule has 1 amide bonds. The van der Waals surface area contributed by atoms with E-state index in [0.29, 0.717) is 16.7 Å². The zero-order chi connectivity index (χ0) is 22.5. The Hall–Kier alpha value is -3.24. The molecular weight excluding hydrogens is 448 g/mol. The van der Waals surface area contributed by atoms with Crippen LogP contribution in [0.2, 0.25) is 5.02 Å². The maximum atomic E-state index is 12.8. The number of aliphatic hydroxyl groups is 1. The molecule has 4 heterocycles. The topological polar surface area (TPSA) is 119 Å². The van der Waals surface area contributed by atoms with Crippen molar-refractivity contribution in [3.05, 3.63) is 59.1 Å². The molecule has 6 rings (SSSR count). The van der Waals surface area contributed by atoms with E-state index in [1.54, 1.807) is 12.1 Å². The zero-order valence-electron chi connectivity index (χ0n) is 17.2. The number of aromatic nitrogens is 3. The lowest BCUT2D eigenvalue weighted by molar-refractivity contribution is 0.00706. The number of carbonyl (C=O) groups excluding carboxylic acids is 1. The second-order valence-corrected chi connectivity index (χ2v) is 8.47. The van der Waals surface area contributed by atoms with E-state index in [1.165, 1.54) is 0 Å². The fourth-order valence-electron chi connectivity index (χ4n) is 4.24. The number of amides is 1. The number of nitrogens with zero attached hydrogens (tertiary/aromatic N) is 2. The van der Waals surface area contributed by atoms with Gasteiger partial charge in [0.15, 0.2) is 17.6 Å². The van der Waals surface area contributed by atoms with E-state index in [-0.39, 0.29) is 42.1 Å². The monoisotopic (exact) mass is 466 g/mol. The van der Waals surface area contributed by atoms with Crippen LogP contribution in [-0.4, -0.2) is 63.6 Å². The number of nitrogens with one attached hydrogen (secondary N) is 2. The lowest BCUT2D eigenvalue weighted by atomic mass is 10.1. The van der Waals surface area contributed by atoms with Crippen molar-refractivity contribution in [3.8, 4) is 6.01 Å². The van der Waals surface area contributed by atoms with Crippen LogP contribution < -0.4 is 10.1 Å². The van der Waals surface area contributed by atoms with E-state index in [1.807, 2.05) is 36.4 Å². The summed E-state index contributed by atoms with van der Waals surface area (Å²) in [7, 11) is 0. The Kier molecular flexibility index (Phi) is 4.92. The summed E-state index contributed by atoms with van der Waals surface area (Å²) in [5.41, 5.74) is 1.39. The van der Waals surface area contributed by atoms with Crippen LogP contribution >= 0.6 is 11.6 Å². The molecule has 0 saturated carbocycles. The normalized spacial score (nSPS) is 24.3. The summed E-state index contributed by atoms with van der Waals surface area (Å²) >= 11 is 6.36. The number of fused-ring (bicyclic) bond motifs is 3. The van der Waals surface area contributed by atoms with Crippen LogP contribution in [0.15, 0.2) is 48.5 Å². The van der Waals surface area contributed by atoms with Crippen LogP contribution in [0.4, 0.5) is 5.82 Å². The highest BCUT2D eigenvalue weighted by Gasteiger charge is 2.48. The Morgan fingerprint density at radius 2 is 1.91 bits per heavy atom. The van der Waals surface area contributed by atoms with E-state index in [9.17, 15) is 9.90 Å². The summed E-state index contributed by atoms with van der Waals surface area (Å²) in [6, 6.07) is 15.1. The van der Waals surface area contributed by atoms with Gasteiger partial charge in [-0.25, -0.2) is 4.98 Å². The minimum atomic E-state index is -0.659. The van der Waals surface area contributed by atoms with Crippen molar-refractivity contribution < 1.29 is 24.1 Å². The molecule has 0 bridgehead atoms. The van der Waals surface area contributed by atoms with Gasteiger partial charge < -0.3 is 29.6 Å². The van der Waals surface area contributed by atoms with E-state index in [0.717, 1.165) is 10.8 Å². The molecule has 2 aromatic carbocycles. The van der Waals surface area contributed by atoms with Gasteiger partial charge in [0, 0.05) is 5.56 Å². The molecule has 10 heteroatoms. The maximum absolute atomic E-state index is 12.8. The average Bonchev–Trinajstić information content (AvgIpc) is 3.50. The van der Waals surface area contributed by atoms with Gasteiger partial charge >= 0.3 is 0 Å². The van der Waals surface area contributed by atoms with Crippen molar-refractivity contribution in [3.63, 3.8) is 0 Å². The summed E-state index contributed by atoms with van der Waals surface area (Å²) in [6.07, 6.45) is -1.82. The highest BCUT2D eigenvalue weighted by Crippen LogP contribution is 2.31. The highest BCUT2D eigenvalue weighted by atomic mass is 35.5. The van der Waals surface area contributed by atoms with E-state index < -0.39 is 18.3 Å². The largest absolute Gasteiger partial charge is 0.456 e. The number of carbonyl (C=O) groups is 1. The van der Waals surface area contributed by atoms with Gasteiger partial charge in [0.1, 0.15) is 18.3 Å². The van der Waals surface area contributed by atoms with Crippen LogP contribution in [0.1, 0.15) is 10.4 Å². The molecular formula is C23H19ClN4O5. The molecule has 0 spiro atoms. The first-order chi connectivity index (χ1) is 16.0. The average molecular weight is 467 g/mol. The lowest BCUT2D eigenvalue weighted by Crippen LogP contribution is -2.34. The number of aliphatic hydroxyl groups excluding tert-OH is 1. The number of rotatable bonds is 4. The minimum Gasteiger partial charge on any atom is -0.456 e. The molecule has 2 fully saturated rings. The van der Waals surface area contributed by atoms with Gasteiger partial charge in [-0.3, -0.25) is 4.79 Å². The van der Waals surface area contributed by atoms with Crippen LogP contribution in [0.3, 0.4) is 0 Å². The molecule has 0 aliphatic carbocycles. The number of halogens is 1. The molecule has 33 heavy (non-hydrogen) atoms. The first-order valence-corrected chi connectivity index (χ1v) is 10.9. The first-order valence-electron chi connectivity index (χ1n) is 10.5. The number of benzene rings is 2. The van der Waals surface area contributed by atoms with Crippen LogP contribution in [0.5, 0.6) is 6.01 Å². The predicted octanol–water partition coefficient (Wildman–Crippen LogP) is 2.92. The van der Waals surface area contributed by atoms with Gasteiger partial charge in [-0.15, -0.1) is 0 Å². The van der Waals surface area contributed by atoms with Crippen molar-refractivity contribution in [1.82, 2.24) is 15.0 Å². The Labute approximate surface area is 192 Å². The third-order valence-electron chi connectivity index (χ3n) is 5.89. The van der Waals surface area contributed by atoms with E-state index >= 15 is 0 Å². The van der Waals surface area contributed by atoms with Gasteiger partial charge in [0.25, 0.3) is 11.9 Å². The summed E-state index contributed by atoms with van der Waals surface area (Å²) in [6.45, 7) is 0.497. The van der Waals surface area contributed by atoms with Gasteiger partial charge in [-0.2, -0.15) is 4.98 Å². The van der Waals surface area contributed by atoms with Gasteiger partial charge in [-0.1, -0.05) is 41.9 Å². The Morgan fingerprint density at radius 1 is 1.09 bits per heavy atom. The number of imidazole rings is 1. The zero-order valence-corrected chi connectivity index (χ0v) is 18.0. The Bertz CT molecular complexity index is 1380. The first kappa shape index (κ1) is 20.4. The maximum Gasteiger partial charge on any atom is 0.296 e. The summed E-state index contributed by atoms with van der Waals surface area (Å²) < 4.78 is 17.0. The molecule has 9 nitrogen and oxygen atoms in total. The smallest absolute Gasteiger partial charge is 0.296 e. The van der Waals surface area contributed by atoms with Crippen LogP contribution in [0, 0.1) is 0 Å².